The maximum Gasteiger partial charge on any atom is 0.232 e. The van der Waals surface area contributed by atoms with Gasteiger partial charge in [0.1, 0.15) is 0 Å². The first-order valence-electron chi connectivity index (χ1n) is 6.09. The monoisotopic (exact) mass is 299 g/mol. The molecule has 0 aliphatic heterocycles. The average Bonchev–Trinajstić information content (AvgIpc) is 2.81. The van der Waals surface area contributed by atoms with Crippen molar-refractivity contribution in [2.24, 2.45) is 0 Å². The highest BCUT2D eigenvalue weighted by molar-refractivity contribution is 7.92. The van der Waals surface area contributed by atoms with Crippen LogP contribution in [0.2, 0.25) is 0 Å². The lowest BCUT2D eigenvalue weighted by molar-refractivity contribution is 0.595. The molecule has 0 spiro atoms. The number of sulfonamides is 1. The van der Waals surface area contributed by atoms with Gasteiger partial charge in [0.05, 0.1) is 27.2 Å². The summed E-state index contributed by atoms with van der Waals surface area (Å²) in [5.41, 5.74) is 3.24. The molecule has 0 saturated heterocycles. The number of aromatic nitrogens is 1. The molecule has 2 N–H and O–H groups in total. The Labute approximate surface area is 117 Å². The van der Waals surface area contributed by atoms with Crippen LogP contribution in [0.1, 0.15) is 12.8 Å². The molecule has 5 nitrogen and oxygen atoms in total. The van der Waals surface area contributed by atoms with Gasteiger partial charge < -0.3 is 5.32 Å². The number of hydrogen-bond donors (Lipinski definition) is 2. The number of thiazole rings is 1. The van der Waals surface area contributed by atoms with E-state index in [-0.39, 0.29) is 5.75 Å². The number of nitrogens with zero attached hydrogens (tertiary/aromatic N) is 1. The molecule has 1 aromatic carbocycles. The van der Waals surface area contributed by atoms with Gasteiger partial charge in [-0.2, -0.15) is 0 Å². The first-order chi connectivity index (χ1) is 9.11. The maximum atomic E-state index is 11.9. The van der Waals surface area contributed by atoms with Gasteiger partial charge in [-0.3, -0.25) is 4.72 Å². The van der Waals surface area contributed by atoms with Crippen molar-refractivity contribution in [3.63, 3.8) is 0 Å². The van der Waals surface area contributed by atoms with Gasteiger partial charge >= 0.3 is 0 Å². The molecule has 0 saturated carbocycles. The van der Waals surface area contributed by atoms with Crippen LogP contribution in [-0.4, -0.2) is 32.7 Å². The van der Waals surface area contributed by atoms with E-state index in [4.69, 9.17) is 0 Å². The van der Waals surface area contributed by atoms with Gasteiger partial charge in [-0.1, -0.05) is 0 Å². The first kappa shape index (κ1) is 14.2. The van der Waals surface area contributed by atoms with E-state index in [1.807, 2.05) is 19.2 Å². The van der Waals surface area contributed by atoms with E-state index >= 15 is 0 Å². The minimum Gasteiger partial charge on any atom is -0.320 e. The standard InChI is InChI=1S/C12H17N3O2S2/c1-13-6-2-3-7-19(16,17)15-10-4-5-11-12(8-10)18-9-14-11/h4-5,8-9,13,15H,2-3,6-7H2,1H3. The minimum absolute atomic E-state index is 0.148. The highest BCUT2D eigenvalue weighted by atomic mass is 32.2. The molecule has 19 heavy (non-hydrogen) atoms. The van der Waals surface area contributed by atoms with E-state index in [0.717, 1.165) is 23.2 Å². The van der Waals surface area contributed by atoms with E-state index in [1.54, 1.807) is 11.6 Å². The molecule has 0 fully saturated rings. The number of nitrogens with one attached hydrogen (secondary N) is 2. The largest absolute Gasteiger partial charge is 0.320 e. The summed E-state index contributed by atoms with van der Waals surface area (Å²) in [6.45, 7) is 0.836. The average molecular weight is 299 g/mol. The van der Waals surface area contributed by atoms with Crippen LogP contribution in [0.25, 0.3) is 10.2 Å². The summed E-state index contributed by atoms with van der Waals surface area (Å²) in [6.07, 6.45) is 1.50. The van der Waals surface area contributed by atoms with Gasteiger partial charge in [0.25, 0.3) is 0 Å². The van der Waals surface area contributed by atoms with Gasteiger partial charge in [0.15, 0.2) is 0 Å². The van der Waals surface area contributed by atoms with Crippen molar-refractivity contribution in [2.75, 3.05) is 24.1 Å². The second kappa shape index (κ2) is 6.31. The van der Waals surface area contributed by atoms with Crippen LogP contribution < -0.4 is 10.0 Å². The van der Waals surface area contributed by atoms with Crippen molar-refractivity contribution in [1.29, 1.82) is 0 Å². The molecule has 2 rings (SSSR count). The predicted molar refractivity (Wildman–Crippen MR) is 80.2 cm³/mol. The molecule has 0 unspecified atom stereocenters. The fourth-order valence-corrected chi connectivity index (χ4v) is 3.63. The van der Waals surface area contributed by atoms with Crippen LogP contribution in [0.3, 0.4) is 0 Å². The van der Waals surface area contributed by atoms with Crippen LogP contribution in [0, 0.1) is 0 Å². The fraction of sp³-hybridized carbons (Fsp3) is 0.417. The van der Waals surface area contributed by atoms with Crippen LogP contribution in [0.15, 0.2) is 23.7 Å². The number of unbranched alkanes of at least 4 members (excludes halogenated alkanes) is 1. The highest BCUT2D eigenvalue weighted by Crippen LogP contribution is 2.22. The lowest BCUT2D eigenvalue weighted by Crippen LogP contribution is -2.18. The number of hydrogen-bond acceptors (Lipinski definition) is 5. The van der Waals surface area contributed by atoms with E-state index < -0.39 is 10.0 Å². The smallest absolute Gasteiger partial charge is 0.232 e. The van der Waals surface area contributed by atoms with Crippen molar-refractivity contribution >= 4 is 37.3 Å². The SMILES string of the molecule is CNCCCCS(=O)(=O)Nc1ccc2ncsc2c1. The Kier molecular flexibility index (Phi) is 4.73. The topological polar surface area (TPSA) is 71.1 Å². The third kappa shape index (κ3) is 4.15. The molecule has 2 aromatic rings. The lowest BCUT2D eigenvalue weighted by atomic mass is 10.3. The van der Waals surface area contributed by atoms with E-state index in [2.05, 4.69) is 15.0 Å². The van der Waals surface area contributed by atoms with Gasteiger partial charge in [0, 0.05) is 0 Å². The second-order valence-corrected chi connectivity index (χ2v) is 6.99. The third-order valence-corrected chi connectivity index (χ3v) is 4.86. The Morgan fingerprint density at radius 2 is 2.16 bits per heavy atom. The zero-order valence-electron chi connectivity index (χ0n) is 10.7. The summed E-state index contributed by atoms with van der Waals surface area (Å²) in [7, 11) is -1.40. The summed E-state index contributed by atoms with van der Waals surface area (Å²) < 4.78 is 27.4. The molecule has 0 amide bonds. The molecule has 104 valence electrons. The molecular weight excluding hydrogens is 282 g/mol. The number of benzene rings is 1. The van der Waals surface area contributed by atoms with Gasteiger partial charge in [-0.15, -0.1) is 11.3 Å². The number of rotatable bonds is 7. The minimum atomic E-state index is -3.26. The molecule has 7 heteroatoms. The van der Waals surface area contributed by atoms with Gasteiger partial charge in [-0.25, -0.2) is 13.4 Å². The molecular formula is C12H17N3O2S2. The summed E-state index contributed by atoms with van der Waals surface area (Å²) >= 11 is 1.50. The number of fused-ring (bicyclic) bond motifs is 1. The Bertz CT molecular complexity index is 637. The maximum absolute atomic E-state index is 11.9. The number of anilines is 1. The highest BCUT2D eigenvalue weighted by Gasteiger charge is 2.10. The molecule has 1 aromatic heterocycles. The van der Waals surface area contributed by atoms with Gasteiger partial charge in [-0.05, 0) is 44.6 Å². The molecule has 0 aliphatic rings. The third-order valence-electron chi connectivity index (χ3n) is 2.69. The van der Waals surface area contributed by atoms with E-state index in [9.17, 15) is 8.42 Å². The fourth-order valence-electron chi connectivity index (χ4n) is 1.74. The van der Waals surface area contributed by atoms with Crippen molar-refractivity contribution in [1.82, 2.24) is 10.3 Å². The van der Waals surface area contributed by atoms with Crippen molar-refractivity contribution in [3.8, 4) is 0 Å². The van der Waals surface area contributed by atoms with Crippen molar-refractivity contribution < 1.29 is 8.42 Å². The van der Waals surface area contributed by atoms with E-state index in [1.165, 1.54) is 11.3 Å². The second-order valence-electron chi connectivity index (χ2n) is 4.27. The molecule has 0 radical (unpaired) electrons. The van der Waals surface area contributed by atoms with Crippen LogP contribution >= 0.6 is 11.3 Å². The molecule has 0 bridgehead atoms. The lowest BCUT2D eigenvalue weighted by Gasteiger charge is -2.07. The van der Waals surface area contributed by atoms with Crippen LogP contribution in [-0.2, 0) is 10.0 Å². The summed E-state index contributed by atoms with van der Waals surface area (Å²) in [4.78, 5) is 4.16. The zero-order valence-corrected chi connectivity index (χ0v) is 12.4. The Morgan fingerprint density at radius 1 is 1.32 bits per heavy atom. The van der Waals surface area contributed by atoms with E-state index in [0.29, 0.717) is 12.1 Å². The van der Waals surface area contributed by atoms with Crippen molar-refractivity contribution in [2.45, 2.75) is 12.8 Å². The van der Waals surface area contributed by atoms with Crippen molar-refractivity contribution in [3.05, 3.63) is 23.7 Å². The molecule has 0 aliphatic carbocycles. The first-order valence-corrected chi connectivity index (χ1v) is 8.62. The summed E-state index contributed by atoms with van der Waals surface area (Å²) in [5, 5.41) is 3.00. The predicted octanol–water partition coefficient (Wildman–Crippen LogP) is 2.04. The Balaban J connectivity index is 1.98. The normalized spacial score (nSPS) is 11.8. The quantitative estimate of drug-likeness (QED) is 0.768. The van der Waals surface area contributed by atoms with Crippen LogP contribution in [0.5, 0.6) is 0 Å². The summed E-state index contributed by atoms with van der Waals surface area (Å²) in [5.74, 6) is 0.148. The molecule has 0 atom stereocenters. The van der Waals surface area contributed by atoms with Gasteiger partial charge in [0.2, 0.25) is 10.0 Å². The Hall–Kier alpha value is -1.18. The van der Waals surface area contributed by atoms with Crippen LogP contribution in [0.4, 0.5) is 5.69 Å². The summed E-state index contributed by atoms with van der Waals surface area (Å²) in [6, 6.07) is 5.38. The Morgan fingerprint density at radius 3 is 2.95 bits per heavy atom. The zero-order chi connectivity index (χ0) is 13.7. The molecule has 1 heterocycles.